The summed E-state index contributed by atoms with van der Waals surface area (Å²) in [6, 6.07) is 3.41. The molecule has 0 fully saturated rings. The summed E-state index contributed by atoms with van der Waals surface area (Å²) in [5.74, 6) is -0.530. The van der Waals surface area contributed by atoms with Gasteiger partial charge in [0.15, 0.2) is 0 Å². The summed E-state index contributed by atoms with van der Waals surface area (Å²) in [4.78, 5) is 22.6. The second kappa shape index (κ2) is 6.39. The van der Waals surface area contributed by atoms with Crippen molar-refractivity contribution in [2.45, 2.75) is 12.8 Å². The zero-order chi connectivity index (χ0) is 13.7. The van der Waals surface area contributed by atoms with Crippen LogP contribution in [0.5, 0.6) is 5.75 Å². The Morgan fingerprint density at radius 1 is 1.33 bits per heavy atom. The highest BCUT2D eigenvalue weighted by molar-refractivity contribution is 9.10. The third-order valence-electron chi connectivity index (χ3n) is 2.45. The van der Waals surface area contributed by atoms with Crippen LogP contribution in [0.25, 0.3) is 0 Å². The van der Waals surface area contributed by atoms with Crippen molar-refractivity contribution in [1.82, 2.24) is 0 Å². The summed E-state index contributed by atoms with van der Waals surface area (Å²) in [6.45, 7) is 0. The summed E-state index contributed by atoms with van der Waals surface area (Å²) in [5.41, 5.74) is 6.09. The Morgan fingerprint density at radius 3 is 2.50 bits per heavy atom. The van der Waals surface area contributed by atoms with Gasteiger partial charge < -0.3 is 15.2 Å². The second-order valence-corrected chi connectivity index (χ2v) is 4.42. The van der Waals surface area contributed by atoms with E-state index < -0.39 is 11.9 Å². The molecule has 0 spiro atoms. The largest absolute Gasteiger partial charge is 0.496 e. The molecule has 1 rings (SSSR count). The second-order valence-electron chi connectivity index (χ2n) is 3.56. The fraction of sp³-hybridized carbons (Fsp3) is 0.333. The number of benzene rings is 1. The van der Waals surface area contributed by atoms with Crippen LogP contribution in [0.2, 0.25) is 0 Å². The van der Waals surface area contributed by atoms with Crippen molar-refractivity contribution in [2.75, 3.05) is 14.2 Å². The normalized spacial score (nSPS) is 9.94. The lowest BCUT2D eigenvalue weighted by molar-refractivity contribution is -0.118. The standard InChI is InChI=1S/C12H14BrNO4/c1-17-9-5-4-8(13)7(3-6-10(14)15)11(9)12(16)18-2/h4-5H,3,6H2,1-2H3,(H2,14,15). The molecule has 0 aromatic heterocycles. The first kappa shape index (κ1) is 14.5. The molecule has 0 atom stereocenters. The fourth-order valence-corrected chi connectivity index (χ4v) is 2.12. The molecule has 1 aromatic carbocycles. The monoisotopic (exact) mass is 315 g/mol. The average Bonchev–Trinajstić information content (AvgIpc) is 2.35. The number of hydrogen-bond donors (Lipinski definition) is 1. The molecule has 1 aromatic rings. The van der Waals surface area contributed by atoms with E-state index in [1.54, 1.807) is 12.1 Å². The van der Waals surface area contributed by atoms with Gasteiger partial charge in [-0.05, 0) is 24.1 Å². The Morgan fingerprint density at radius 2 is 2.00 bits per heavy atom. The van der Waals surface area contributed by atoms with E-state index in [9.17, 15) is 9.59 Å². The van der Waals surface area contributed by atoms with Gasteiger partial charge in [0.1, 0.15) is 11.3 Å². The van der Waals surface area contributed by atoms with Gasteiger partial charge in [0.05, 0.1) is 14.2 Å². The van der Waals surface area contributed by atoms with Crippen LogP contribution >= 0.6 is 15.9 Å². The van der Waals surface area contributed by atoms with Crippen molar-refractivity contribution >= 4 is 27.8 Å². The van der Waals surface area contributed by atoms with Crippen molar-refractivity contribution in [2.24, 2.45) is 5.73 Å². The molecule has 0 aliphatic heterocycles. The number of esters is 1. The maximum Gasteiger partial charge on any atom is 0.341 e. The Hall–Kier alpha value is -1.56. The van der Waals surface area contributed by atoms with E-state index in [-0.39, 0.29) is 6.42 Å². The van der Waals surface area contributed by atoms with Crippen molar-refractivity contribution in [1.29, 1.82) is 0 Å². The van der Waals surface area contributed by atoms with Crippen molar-refractivity contribution in [3.63, 3.8) is 0 Å². The number of rotatable bonds is 5. The molecule has 18 heavy (non-hydrogen) atoms. The molecule has 0 aliphatic carbocycles. The van der Waals surface area contributed by atoms with Crippen LogP contribution in [-0.2, 0) is 16.0 Å². The predicted octanol–water partition coefficient (Wildman–Crippen LogP) is 1.66. The van der Waals surface area contributed by atoms with Crippen LogP contribution in [0.4, 0.5) is 0 Å². The van der Waals surface area contributed by atoms with Crippen LogP contribution in [0, 0.1) is 0 Å². The van der Waals surface area contributed by atoms with E-state index in [2.05, 4.69) is 15.9 Å². The smallest absolute Gasteiger partial charge is 0.341 e. The van der Waals surface area contributed by atoms with Crippen molar-refractivity contribution in [3.05, 3.63) is 27.7 Å². The molecule has 0 saturated carbocycles. The zero-order valence-corrected chi connectivity index (χ0v) is 11.7. The molecule has 5 nitrogen and oxygen atoms in total. The van der Waals surface area contributed by atoms with Gasteiger partial charge in [0.25, 0.3) is 0 Å². The SMILES string of the molecule is COC(=O)c1c(OC)ccc(Br)c1CCC(N)=O. The summed E-state index contributed by atoms with van der Waals surface area (Å²) in [7, 11) is 2.76. The molecular weight excluding hydrogens is 302 g/mol. The predicted molar refractivity (Wildman–Crippen MR) is 69.5 cm³/mol. The van der Waals surface area contributed by atoms with Crippen LogP contribution in [-0.4, -0.2) is 26.1 Å². The fourth-order valence-electron chi connectivity index (χ4n) is 1.59. The minimum absolute atomic E-state index is 0.149. The Bertz CT molecular complexity index is 473. The Kier molecular flexibility index (Phi) is 5.15. The van der Waals surface area contributed by atoms with Gasteiger partial charge in [-0.3, -0.25) is 4.79 Å². The highest BCUT2D eigenvalue weighted by Crippen LogP contribution is 2.30. The van der Waals surface area contributed by atoms with Crippen molar-refractivity contribution in [3.8, 4) is 5.75 Å². The maximum atomic E-state index is 11.8. The first-order chi connectivity index (χ1) is 8.51. The highest BCUT2D eigenvalue weighted by Gasteiger charge is 2.20. The first-order valence-corrected chi connectivity index (χ1v) is 6.02. The van der Waals surface area contributed by atoms with Gasteiger partial charge in [0.2, 0.25) is 5.91 Å². The summed E-state index contributed by atoms with van der Waals surface area (Å²) in [6.07, 6.45) is 0.493. The van der Waals surface area contributed by atoms with Crippen LogP contribution in [0.1, 0.15) is 22.3 Å². The maximum absolute atomic E-state index is 11.8. The lowest BCUT2D eigenvalue weighted by atomic mass is 10.0. The van der Waals surface area contributed by atoms with Gasteiger partial charge in [-0.15, -0.1) is 0 Å². The van der Waals surface area contributed by atoms with E-state index in [0.717, 1.165) is 0 Å². The number of primary amides is 1. The lowest BCUT2D eigenvalue weighted by Crippen LogP contribution is -2.14. The lowest BCUT2D eigenvalue weighted by Gasteiger charge is -2.13. The van der Waals surface area contributed by atoms with E-state index in [1.807, 2.05) is 0 Å². The minimum atomic E-state index is -0.507. The molecule has 1 amide bonds. The van der Waals surface area contributed by atoms with Gasteiger partial charge in [-0.25, -0.2) is 4.79 Å². The molecule has 6 heteroatoms. The third-order valence-corrected chi connectivity index (χ3v) is 3.19. The molecular formula is C12H14BrNO4. The number of methoxy groups -OCH3 is 2. The Balaban J connectivity index is 3.26. The molecule has 98 valence electrons. The third kappa shape index (κ3) is 3.22. The van der Waals surface area contributed by atoms with Gasteiger partial charge in [0, 0.05) is 10.9 Å². The van der Waals surface area contributed by atoms with E-state index >= 15 is 0 Å². The van der Waals surface area contributed by atoms with Gasteiger partial charge in [-0.2, -0.15) is 0 Å². The van der Waals surface area contributed by atoms with Crippen LogP contribution < -0.4 is 10.5 Å². The van der Waals surface area contributed by atoms with Gasteiger partial charge in [-0.1, -0.05) is 15.9 Å². The highest BCUT2D eigenvalue weighted by atomic mass is 79.9. The summed E-state index contributed by atoms with van der Waals surface area (Å²) < 4.78 is 10.6. The number of carbonyl (C=O) groups is 2. The molecule has 0 aliphatic rings. The van der Waals surface area contributed by atoms with E-state index in [4.69, 9.17) is 15.2 Å². The topological polar surface area (TPSA) is 78.6 Å². The first-order valence-electron chi connectivity index (χ1n) is 5.23. The number of amides is 1. The summed E-state index contributed by atoms with van der Waals surface area (Å²) in [5, 5.41) is 0. The molecule has 0 bridgehead atoms. The quantitative estimate of drug-likeness (QED) is 0.838. The zero-order valence-electron chi connectivity index (χ0n) is 10.2. The number of nitrogens with two attached hydrogens (primary N) is 1. The van der Waals surface area contributed by atoms with E-state index in [0.29, 0.717) is 27.8 Å². The number of halogens is 1. The number of carbonyl (C=O) groups excluding carboxylic acids is 2. The molecule has 0 unspecified atom stereocenters. The van der Waals surface area contributed by atoms with E-state index in [1.165, 1.54) is 14.2 Å². The number of ether oxygens (including phenoxy) is 2. The molecule has 2 N–H and O–H groups in total. The van der Waals surface area contributed by atoms with Gasteiger partial charge >= 0.3 is 5.97 Å². The molecule has 0 heterocycles. The minimum Gasteiger partial charge on any atom is -0.496 e. The summed E-state index contributed by atoms with van der Waals surface area (Å²) >= 11 is 3.34. The Labute approximate surface area is 113 Å². The van der Waals surface area contributed by atoms with Crippen LogP contribution in [0.15, 0.2) is 16.6 Å². The molecule has 0 radical (unpaired) electrons. The van der Waals surface area contributed by atoms with Crippen molar-refractivity contribution < 1.29 is 19.1 Å². The average molecular weight is 316 g/mol. The van der Waals surface area contributed by atoms with Crippen LogP contribution in [0.3, 0.4) is 0 Å². The number of hydrogen-bond acceptors (Lipinski definition) is 4. The molecule has 0 saturated heterocycles.